The molecule has 0 radical (unpaired) electrons. The van der Waals surface area contributed by atoms with Crippen molar-refractivity contribution in [2.45, 2.75) is 32.7 Å². The van der Waals surface area contributed by atoms with Crippen LogP contribution in [-0.4, -0.2) is 28.9 Å². The standard InChI is InChI=1S/C15H22ClN3/c1-14(5-7-16)6-11-19(10-3-8-17)13-15-4-2-9-18-12-15/h2,4,9,12,14H,3,5-7,10-11,13H2,1H3. The molecule has 0 amide bonds. The fourth-order valence-electron chi connectivity index (χ4n) is 1.96. The largest absolute Gasteiger partial charge is 0.298 e. The van der Waals surface area contributed by atoms with E-state index in [4.69, 9.17) is 16.9 Å². The zero-order valence-corrected chi connectivity index (χ0v) is 12.3. The third-order valence-electron chi connectivity index (χ3n) is 3.21. The van der Waals surface area contributed by atoms with Gasteiger partial charge in [0.2, 0.25) is 0 Å². The summed E-state index contributed by atoms with van der Waals surface area (Å²) >= 11 is 5.76. The molecule has 1 rings (SSSR count). The van der Waals surface area contributed by atoms with Gasteiger partial charge in [-0.2, -0.15) is 5.26 Å². The van der Waals surface area contributed by atoms with E-state index in [0.29, 0.717) is 12.3 Å². The Hall–Kier alpha value is -1.11. The van der Waals surface area contributed by atoms with E-state index in [1.807, 2.05) is 12.3 Å². The van der Waals surface area contributed by atoms with Crippen molar-refractivity contribution in [1.82, 2.24) is 9.88 Å². The van der Waals surface area contributed by atoms with E-state index in [1.165, 1.54) is 5.56 Å². The minimum absolute atomic E-state index is 0.574. The van der Waals surface area contributed by atoms with Crippen molar-refractivity contribution >= 4 is 11.6 Å². The predicted octanol–water partition coefficient (Wildman–Crippen LogP) is 3.45. The van der Waals surface area contributed by atoms with Crippen LogP contribution in [0.5, 0.6) is 0 Å². The summed E-state index contributed by atoms with van der Waals surface area (Å²) in [4.78, 5) is 6.46. The summed E-state index contributed by atoms with van der Waals surface area (Å²) in [6.07, 6.45) is 6.43. The summed E-state index contributed by atoms with van der Waals surface area (Å²) in [6.45, 7) is 4.92. The number of nitrogens with zero attached hydrogens (tertiary/aromatic N) is 3. The van der Waals surface area contributed by atoms with Crippen LogP contribution in [-0.2, 0) is 6.54 Å². The van der Waals surface area contributed by atoms with Crippen molar-refractivity contribution in [3.8, 4) is 6.07 Å². The maximum Gasteiger partial charge on any atom is 0.0635 e. The number of nitriles is 1. The second-order valence-electron chi connectivity index (χ2n) is 4.92. The van der Waals surface area contributed by atoms with Crippen LogP contribution in [0.15, 0.2) is 24.5 Å². The number of aromatic nitrogens is 1. The SMILES string of the molecule is CC(CCCl)CCN(CCC#N)Cc1cccnc1. The van der Waals surface area contributed by atoms with Gasteiger partial charge in [-0.25, -0.2) is 0 Å². The number of alkyl halides is 1. The molecule has 0 aliphatic carbocycles. The Morgan fingerprint density at radius 1 is 1.42 bits per heavy atom. The minimum atomic E-state index is 0.574. The Labute approximate surface area is 121 Å². The number of hydrogen-bond acceptors (Lipinski definition) is 3. The zero-order valence-electron chi connectivity index (χ0n) is 11.6. The molecule has 0 saturated carbocycles. The molecule has 1 aromatic rings. The fourth-order valence-corrected chi connectivity index (χ4v) is 2.33. The smallest absolute Gasteiger partial charge is 0.0635 e. The number of hydrogen-bond donors (Lipinski definition) is 0. The van der Waals surface area contributed by atoms with Gasteiger partial charge in [-0.05, 0) is 36.9 Å². The van der Waals surface area contributed by atoms with E-state index in [0.717, 1.165) is 38.4 Å². The van der Waals surface area contributed by atoms with Gasteiger partial charge in [0, 0.05) is 37.8 Å². The van der Waals surface area contributed by atoms with E-state index >= 15 is 0 Å². The number of rotatable bonds is 9. The Bertz CT molecular complexity index is 375. The topological polar surface area (TPSA) is 39.9 Å². The Kier molecular flexibility index (Phi) is 8.20. The van der Waals surface area contributed by atoms with E-state index in [9.17, 15) is 0 Å². The quantitative estimate of drug-likeness (QED) is 0.650. The van der Waals surface area contributed by atoms with Gasteiger partial charge in [-0.1, -0.05) is 13.0 Å². The predicted molar refractivity (Wildman–Crippen MR) is 78.9 cm³/mol. The lowest BCUT2D eigenvalue weighted by atomic mass is 10.0. The van der Waals surface area contributed by atoms with Crippen LogP contribution in [0.4, 0.5) is 0 Å². The molecule has 0 fully saturated rings. The summed E-state index contributed by atoms with van der Waals surface area (Å²) in [5.74, 6) is 1.36. The molecule has 0 aliphatic heterocycles. The van der Waals surface area contributed by atoms with Crippen LogP contribution in [0.2, 0.25) is 0 Å². The van der Waals surface area contributed by atoms with Crippen molar-refractivity contribution in [1.29, 1.82) is 5.26 Å². The average molecular weight is 280 g/mol. The van der Waals surface area contributed by atoms with Gasteiger partial charge >= 0.3 is 0 Å². The lowest BCUT2D eigenvalue weighted by molar-refractivity contribution is 0.250. The van der Waals surface area contributed by atoms with Crippen LogP contribution >= 0.6 is 11.6 Å². The van der Waals surface area contributed by atoms with Gasteiger partial charge in [0.15, 0.2) is 0 Å². The highest BCUT2D eigenvalue weighted by Gasteiger charge is 2.08. The molecule has 1 unspecified atom stereocenters. The summed E-state index contributed by atoms with van der Waals surface area (Å²) in [7, 11) is 0. The van der Waals surface area contributed by atoms with Crippen molar-refractivity contribution in [3.05, 3.63) is 30.1 Å². The Morgan fingerprint density at radius 2 is 2.26 bits per heavy atom. The van der Waals surface area contributed by atoms with Gasteiger partial charge in [0.1, 0.15) is 0 Å². The second-order valence-corrected chi connectivity index (χ2v) is 5.30. The molecule has 1 heterocycles. The summed E-state index contributed by atoms with van der Waals surface area (Å²) in [5, 5.41) is 8.74. The first-order valence-corrected chi connectivity index (χ1v) is 7.34. The van der Waals surface area contributed by atoms with E-state index in [1.54, 1.807) is 6.20 Å². The zero-order chi connectivity index (χ0) is 13.9. The Balaban J connectivity index is 2.45. The first-order valence-electron chi connectivity index (χ1n) is 6.80. The normalized spacial score (nSPS) is 12.3. The molecule has 1 aromatic heterocycles. The molecular weight excluding hydrogens is 258 g/mol. The highest BCUT2D eigenvalue weighted by Crippen LogP contribution is 2.11. The molecule has 3 nitrogen and oxygen atoms in total. The fraction of sp³-hybridized carbons (Fsp3) is 0.600. The molecular formula is C15H22ClN3. The molecule has 19 heavy (non-hydrogen) atoms. The van der Waals surface area contributed by atoms with E-state index < -0.39 is 0 Å². The molecule has 0 aliphatic rings. The first kappa shape index (κ1) is 15.9. The molecule has 0 bridgehead atoms. The average Bonchev–Trinajstić information content (AvgIpc) is 2.43. The van der Waals surface area contributed by atoms with E-state index in [-0.39, 0.29) is 0 Å². The van der Waals surface area contributed by atoms with Gasteiger partial charge in [0.25, 0.3) is 0 Å². The third-order valence-corrected chi connectivity index (χ3v) is 3.43. The van der Waals surface area contributed by atoms with Crippen molar-refractivity contribution < 1.29 is 0 Å². The Morgan fingerprint density at radius 3 is 2.89 bits per heavy atom. The maximum absolute atomic E-state index is 8.74. The van der Waals surface area contributed by atoms with Gasteiger partial charge in [0.05, 0.1) is 6.07 Å². The summed E-state index contributed by atoms with van der Waals surface area (Å²) < 4.78 is 0. The number of halogens is 1. The van der Waals surface area contributed by atoms with Crippen molar-refractivity contribution in [2.75, 3.05) is 19.0 Å². The highest BCUT2D eigenvalue weighted by molar-refractivity contribution is 6.17. The third kappa shape index (κ3) is 7.15. The molecule has 1 atom stereocenters. The molecule has 0 N–H and O–H groups in total. The molecule has 0 saturated heterocycles. The lowest BCUT2D eigenvalue weighted by Crippen LogP contribution is -2.26. The van der Waals surface area contributed by atoms with Gasteiger partial charge in [-0.3, -0.25) is 9.88 Å². The van der Waals surface area contributed by atoms with Gasteiger partial charge in [-0.15, -0.1) is 11.6 Å². The molecule has 104 valence electrons. The summed E-state index contributed by atoms with van der Waals surface area (Å²) in [5.41, 5.74) is 1.20. The lowest BCUT2D eigenvalue weighted by Gasteiger charge is -2.22. The molecule has 0 aromatic carbocycles. The number of pyridine rings is 1. The first-order chi connectivity index (χ1) is 9.26. The minimum Gasteiger partial charge on any atom is -0.298 e. The maximum atomic E-state index is 8.74. The van der Waals surface area contributed by atoms with Crippen LogP contribution in [0.1, 0.15) is 31.7 Å². The monoisotopic (exact) mass is 279 g/mol. The van der Waals surface area contributed by atoms with Crippen LogP contribution in [0.25, 0.3) is 0 Å². The highest BCUT2D eigenvalue weighted by atomic mass is 35.5. The molecule has 4 heteroatoms. The van der Waals surface area contributed by atoms with Crippen LogP contribution in [0, 0.1) is 17.2 Å². The van der Waals surface area contributed by atoms with Crippen molar-refractivity contribution in [2.24, 2.45) is 5.92 Å². The van der Waals surface area contributed by atoms with Gasteiger partial charge < -0.3 is 0 Å². The molecule has 0 spiro atoms. The second kappa shape index (κ2) is 9.77. The van der Waals surface area contributed by atoms with E-state index in [2.05, 4.69) is 28.9 Å². The summed E-state index contributed by atoms with van der Waals surface area (Å²) in [6, 6.07) is 6.25. The van der Waals surface area contributed by atoms with Crippen LogP contribution < -0.4 is 0 Å². The van der Waals surface area contributed by atoms with Crippen molar-refractivity contribution in [3.63, 3.8) is 0 Å². The van der Waals surface area contributed by atoms with Crippen LogP contribution in [0.3, 0.4) is 0 Å².